The Bertz CT molecular complexity index is 1040. The summed E-state index contributed by atoms with van der Waals surface area (Å²) in [4.78, 5) is 30.9. The number of nitrogens with zero attached hydrogens (tertiary/aromatic N) is 3. The first kappa shape index (κ1) is 19.5. The number of carbonyl (C=O) groups is 2. The number of anilines is 2. The highest BCUT2D eigenvalue weighted by Gasteiger charge is 2.31. The molecule has 29 heavy (non-hydrogen) atoms. The Labute approximate surface area is 175 Å². The zero-order chi connectivity index (χ0) is 20.4. The van der Waals surface area contributed by atoms with E-state index in [1.54, 1.807) is 31.4 Å². The van der Waals surface area contributed by atoms with Crippen molar-refractivity contribution in [1.29, 1.82) is 0 Å². The third-order valence-corrected chi connectivity index (χ3v) is 6.40. The van der Waals surface area contributed by atoms with Crippen molar-refractivity contribution in [2.75, 3.05) is 17.7 Å². The molecular formula is C19H19N5O3S2. The normalized spacial score (nSPS) is 15.4. The van der Waals surface area contributed by atoms with Crippen molar-refractivity contribution >= 4 is 44.8 Å². The van der Waals surface area contributed by atoms with Crippen LogP contribution < -0.4 is 15.4 Å². The highest BCUT2D eigenvalue weighted by atomic mass is 32.1. The summed E-state index contributed by atoms with van der Waals surface area (Å²) in [6, 6.07) is 6.86. The van der Waals surface area contributed by atoms with Gasteiger partial charge in [0.2, 0.25) is 11.0 Å². The summed E-state index contributed by atoms with van der Waals surface area (Å²) in [6.45, 7) is 1.84. The smallest absolute Gasteiger partial charge is 0.257 e. The lowest BCUT2D eigenvalue weighted by molar-refractivity contribution is -0.117. The fourth-order valence-corrected chi connectivity index (χ4v) is 4.83. The second-order valence-electron chi connectivity index (χ2n) is 6.57. The Kier molecular flexibility index (Phi) is 5.54. The zero-order valence-electron chi connectivity index (χ0n) is 15.9. The summed E-state index contributed by atoms with van der Waals surface area (Å²) in [7, 11) is 1.58. The number of aryl methyl sites for hydroxylation is 2. The van der Waals surface area contributed by atoms with Gasteiger partial charge in [0.15, 0.2) is 5.13 Å². The summed E-state index contributed by atoms with van der Waals surface area (Å²) < 4.78 is 5.11. The van der Waals surface area contributed by atoms with Gasteiger partial charge in [-0.2, -0.15) is 0 Å². The summed E-state index contributed by atoms with van der Waals surface area (Å²) in [5.74, 6) is -0.0545. The molecule has 2 heterocycles. The van der Waals surface area contributed by atoms with E-state index in [0.717, 1.165) is 28.4 Å². The molecule has 1 atom stereocenters. The standard InChI is InChI=1S/C19H19N5O3S2/c1-10-23-24-19(28-10)22-17(26)13-4-3-5-14-15(13)20-18(29-14)21-16(25)11-6-8-12(27-2)9-7-11/h6-9,13H,3-5H2,1-2H3,(H,20,21,25)(H,22,24,26). The van der Waals surface area contributed by atoms with Crippen LogP contribution >= 0.6 is 22.7 Å². The van der Waals surface area contributed by atoms with Crippen molar-refractivity contribution in [2.24, 2.45) is 0 Å². The molecule has 0 radical (unpaired) electrons. The number of nitrogens with one attached hydrogen (secondary N) is 2. The van der Waals surface area contributed by atoms with Gasteiger partial charge >= 0.3 is 0 Å². The Balaban J connectivity index is 1.48. The molecule has 2 aromatic heterocycles. The van der Waals surface area contributed by atoms with Crippen molar-refractivity contribution in [2.45, 2.75) is 32.1 Å². The van der Waals surface area contributed by atoms with Crippen molar-refractivity contribution in [3.05, 3.63) is 45.4 Å². The number of carbonyl (C=O) groups excluding carboxylic acids is 2. The summed E-state index contributed by atoms with van der Waals surface area (Å²) >= 11 is 2.76. The van der Waals surface area contributed by atoms with Crippen LogP contribution in [0.1, 0.15) is 44.7 Å². The lowest BCUT2D eigenvalue weighted by Crippen LogP contribution is -2.24. The molecule has 1 aliphatic carbocycles. The van der Waals surface area contributed by atoms with E-state index in [1.165, 1.54) is 22.7 Å². The predicted octanol–water partition coefficient (Wildman–Crippen LogP) is 3.62. The van der Waals surface area contributed by atoms with Crippen LogP contribution in [0, 0.1) is 6.92 Å². The summed E-state index contributed by atoms with van der Waals surface area (Å²) in [6.07, 6.45) is 2.47. The van der Waals surface area contributed by atoms with Crippen molar-refractivity contribution < 1.29 is 14.3 Å². The molecule has 10 heteroatoms. The molecule has 1 aromatic carbocycles. The van der Waals surface area contributed by atoms with E-state index in [-0.39, 0.29) is 17.7 Å². The van der Waals surface area contributed by atoms with Gasteiger partial charge in [0.25, 0.3) is 5.91 Å². The first-order valence-electron chi connectivity index (χ1n) is 9.09. The minimum atomic E-state index is -0.356. The number of methoxy groups -OCH3 is 1. The van der Waals surface area contributed by atoms with Crippen LogP contribution in [-0.4, -0.2) is 34.1 Å². The SMILES string of the molecule is COc1ccc(C(=O)Nc2nc3c(s2)CCCC3C(=O)Nc2nnc(C)s2)cc1. The molecule has 1 unspecified atom stereocenters. The van der Waals surface area contributed by atoms with Crippen LogP contribution in [-0.2, 0) is 11.2 Å². The third-order valence-electron chi connectivity index (χ3n) is 4.60. The van der Waals surface area contributed by atoms with Crippen LogP contribution in [0.25, 0.3) is 0 Å². The van der Waals surface area contributed by atoms with E-state index in [4.69, 9.17) is 4.74 Å². The Morgan fingerprint density at radius 2 is 1.90 bits per heavy atom. The van der Waals surface area contributed by atoms with Gasteiger partial charge < -0.3 is 4.74 Å². The van der Waals surface area contributed by atoms with Gasteiger partial charge in [0.05, 0.1) is 18.7 Å². The van der Waals surface area contributed by atoms with E-state index in [9.17, 15) is 9.59 Å². The van der Waals surface area contributed by atoms with E-state index < -0.39 is 0 Å². The number of rotatable bonds is 5. The Morgan fingerprint density at radius 3 is 2.59 bits per heavy atom. The first-order valence-corrected chi connectivity index (χ1v) is 10.7. The second kappa shape index (κ2) is 8.26. The molecule has 2 amide bonds. The van der Waals surface area contributed by atoms with Gasteiger partial charge in [0, 0.05) is 10.4 Å². The van der Waals surface area contributed by atoms with Crippen LogP contribution in [0.2, 0.25) is 0 Å². The van der Waals surface area contributed by atoms with Gasteiger partial charge in [-0.15, -0.1) is 21.5 Å². The second-order valence-corrected chi connectivity index (χ2v) is 8.84. The molecule has 150 valence electrons. The molecule has 8 nitrogen and oxygen atoms in total. The lowest BCUT2D eigenvalue weighted by atomic mass is 9.90. The average Bonchev–Trinajstić information content (AvgIpc) is 3.32. The molecule has 0 saturated heterocycles. The highest BCUT2D eigenvalue weighted by Crippen LogP contribution is 2.37. The fourth-order valence-electron chi connectivity index (χ4n) is 3.18. The molecular weight excluding hydrogens is 410 g/mol. The number of hydrogen-bond acceptors (Lipinski definition) is 8. The summed E-state index contributed by atoms with van der Waals surface area (Å²) in [5, 5.41) is 15.3. The number of thiazole rings is 1. The van der Waals surface area contributed by atoms with Crippen molar-refractivity contribution in [3.63, 3.8) is 0 Å². The van der Waals surface area contributed by atoms with E-state index in [1.807, 2.05) is 6.92 Å². The molecule has 2 N–H and O–H groups in total. The van der Waals surface area contributed by atoms with Crippen LogP contribution in [0.5, 0.6) is 5.75 Å². The van der Waals surface area contributed by atoms with Gasteiger partial charge in [-0.25, -0.2) is 4.98 Å². The molecule has 3 aromatic rings. The molecule has 0 fully saturated rings. The van der Waals surface area contributed by atoms with Gasteiger partial charge in [-0.3, -0.25) is 20.2 Å². The maximum Gasteiger partial charge on any atom is 0.257 e. The zero-order valence-corrected chi connectivity index (χ0v) is 17.5. The number of fused-ring (bicyclic) bond motifs is 1. The minimum absolute atomic E-state index is 0.138. The molecule has 0 spiro atoms. The minimum Gasteiger partial charge on any atom is -0.497 e. The highest BCUT2D eigenvalue weighted by molar-refractivity contribution is 7.16. The third kappa shape index (κ3) is 4.28. The Hall–Kier alpha value is -2.85. The number of aromatic nitrogens is 3. The quantitative estimate of drug-likeness (QED) is 0.642. The number of ether oxygens (including phenoxy) is 1. The van der Waals surface area contributed by atoms with E-state index >= 15 is 0 Å². The van der Waals surface area contributed by atoms with E-state index in [0.29, 0.717) is 28.0 Å². The first-order chi connectivity index (χ1) is 14.0. The molecule has 0 bridgehead atoms. The van der Waals surface area contributed by atoms with Crippen molar-refractivity contribution in [3.8, 4) is 5.75 Å². The monoisotopic (exact) mass is 429 g/mol. The van der Waals surface area contributed by atoms with Gasteiger partial charge in [-0.05, 0) is 50.5 Å². The average molecular weight is 430 g/mol. The molecule has 4 rings (SSSR count). The fraction of sp³-hybridized carbons (Fsp3) is 0.316. The Morgan fingerprint density at radius 1 is 1.10 bits per heavy atom. The number of hydrogen-bond donors (Lipinski definition) is 2. The molecule has 0 aliphatic heterocycles. The maximum absolute atomic E-state index is 12.7. The van der Waals surface area contributed by atoms with Crippen LogP contribution in [0.15, 0.2) is 24.3 Å². The van der Waals surface area contributed by atoms with Crippen LogP contribution in [0.3, 0.4) is 0 Å². The summed E-state index contributed by atoms with van der Waals surface area (Å²) in [5.41, 5.74) is 1.25. The largest absolute Gasteiger partial charge is 0.497 e. The number of amides is 2. The van der Waals surface area contributed by atoms with Crippen molar-refractivity contribution in [1.82, 2.24) is 15.2 Å². The molecule has 0 saturated carbocycles. The predicted molar refractivity (Wildman–Crippen MR) is 112 cm³/mol. The number of benzene rings is 1. The topological polar surface area (TPSA) is 106 Å². The lowest BCUT2D eigenvalue weighted by Gasteiger charge is -2.19. The maximum atomic E-state index is 12.7. The molecule has 1 aliphatic rings. The van der Waals surface area contributed by atoms with Crippen LogP contribution in [0.4, 0.5) is 10.3 Å². The van der Waals surface area contributed by atoms with E-state index in [2.05, 4.69) is 25.8 Å². The van der Waals surface area contributed by atoms with Gasteiger partial charge in [0.1, 0.15) is 10.8 Å². The van der Waals surface area contributed by atoms with Gasteiger partial charge in [-0.1, -0.05) is 11.3 Å².